The van der Waals surface area contributed by atoms with Crippen molar-refractivity contribution < 1.29 is 4.79 Å². The van der Waals surface area contributed by atoms with Crippen molar-refractivity contribution in [3.05, 3.63) is 11.5 Å². The van der Waals surface area contributed by atoms with Gasteiger partial charge in [0.1, 0.15) is 12.0 Å². The molecule has 1 aromatic rings. The highest BCUT2D eigenvalue weighted by atomic mass is 35.5. The van der Waals surface area contributed by atoms with Crippen LogP contribution in [0.5, 0.6) is 0 Å². The van der Waals surface area contributed by atoms with Gasteiger partial charge in [0.2, 0.25) is 6.41 Å². The van der Waals surface area contributed by atoms with Crippen LogP contribution in [0, 0.1) is 0 Å². The largest absolute Gasteiger partial charge is 0.368 e. The van der Waals surface area contributed by atoms with Gasteiger partial charge in [0.05, 0.1) is 0 Å². The Balaban J connectivity index is 2.89. The Labute approximate surface area is 86.9 Å². The second-order valence-electron chi connectivity index (χ2n) is 2.58. The molecule has 76 valence electrons. The van der Waals surface area contributed by atoms with Crippen molar-refractivity contribution in [2.24, 2.45) is 0 Å². The van der Waals surface area contributed by atoms with Crippen molar-refractivity contribution in [3.63, 3.8) is 0 Å². The van der Waals surface area contributed by atoms with Gasteiger partial charge in [0.25, 0.3) is 0 Å². The van der Waals surface area contributed by atoms with Gasteiger partial charge in [0.15, 0.2) is 11.0 Å². The first kappa shape index (κ1) is 10.7. The van der Waals surface area contributed by atoms with E-state index in [1.165, 1.54) is 6.33 Å². The molecule has 0 aliphatic carbocycles. The molecule has 0 saturated heterocycles. The van der Waals surface area contributed by atoms with E-state index in [4.69, 9.17) is 11.6 Å². The van der Waals surface area contributed by atoms with E-state index in [1.54, 1.807) is 0 Å². The lowest BCUT2D eigenvalue weighted by Crippen LogP contribution is -2.07. The Kier molecular flexibility index (Phi) is 4.12. The zero-order valence-corrected chi connectivity index (χ0v) is 8.51. The number of aromatic nitrogens is 2. The van der Waals surface area contributed by atoms with Crippen LogP contribution >= 0.6 is 11.6 Å². The predicted octanol–water partition coefficient (Wildman–Crippen LogP) is 1.52. The summed E-state index contributed by atoms with van der Waals surface area (Å²) in [5, 5.41) is 5.71. The minimum absolute atomic E-state index is 0.228. The number of carbonyl (C=O) groups is 1. The van der Waals surface area contributed by atoms with Crippen molar-refractivity contribution in [1.82, 2.24) is 9.97 Å². The summed E-state index contributed by atoms with van der Waals surface area (Å²) in [6, 6.07) is 0. The first-order chi connectivity index (χ1) is 6.79. The number of anilines is 2. The van der Waals surface area contributed by atoms with Crippen molar-refractivity contribution >= 4 is 29.5 Å². The minimum Gasteiger partial charge on any atom is -0.368 e. The normalized spacial score (nSPS) is 9.57. The average Bonchev–Trinajstić information content (AvgIpc) is 2.19. The summed E-state index contributed by atoms with van der Waals surface area (Å²) in [5.74, 6) is 0.541. The van der Waals surface area contributed by atoms with Crippen LogP contribution in [0.15, 0.2) is 6.33 Å². The molecule has 0 unspecified atom stereocenters. The third kappa shape index (κ3) is 2.56. The highest BCUT2D eigenvalue weighted by Crippen LogP contribution is 2.25. The van der Waals surface area contributed by atoms with Crippen LogP contribution < -0.4 is 10.6 Å². The quantitative estimate of drug-likeness (QED) is 0.576. The number of hydrogen-bond acceptors (Lipinski definition) is 4. The van der Waals surface area contributed by atoms with Crippen LogP contribution in [-0.4, -0.2) is 22.9 Å². The monoisotopic (exact) mass is 214 g/mol. The molecule has 0 aliphatic heterocycles. The zero-order valence-electron chi connectivity index (χ0n) is 7.75. The third-order valence-corrected chi connectivity index (χ3v) is 1.83. The maximum Gasteiger partial charge on any atom is 0.211 e. The summed E-state index contributed by atoms with van der Waals surface area (Å²) in [7, 11) is 0. The lowest BCUT2D eigenvalue weighted by molar-refractivity contribution is -0.105. The molecule has 0 fully saturated rings. The summed E-state index contributed by atoms with van der Waals surface area (Å²) in [6.45, 7) is 2.80. The van der Waals surface area contributed by atoms with Gasteiger partial charge in [-0.2, -0.15) is 0 Å². The molecule has 0 saturated carbocycles. The predicted molar refractivity (Wildman–Crippen MR) is 55.5 cm³/mol. The highest BCUT2D eigenvalue weighted by Gasteiger charge is 2.07. The number of amides is 1. The Morgan fingerprint density at radius 2 is 2.36 bits per heavy atom. The van der Waals surface area contributed by atoms with Crippen LogP contribution in [0.4, 0.5) is 11.5 Å². The zero-order chi connectivity index (χ0) is 10.4. The smallest absolute Gasteiger partial charge is 0.211 e. The van der Waals surface area contributed by atoms with Gasteiger partial charge in [-0.15, -0.1) is 0 Å². The molecule has 6 heteroatoms. The molecule has 14 heavy (non-hydrogen) atoms. The van der Waals surface area contributed by atoms with Gasteiger partial charge in [-0.25, -0.2) is 9.97 Å². The van der Waals surface area contributed by atoms with Gasteiger partial charge in [-0.1, -0.05) is 18.5 Å². The molecule has 1 aromatic heterocycles. The molecule has 0 aliphatic rings. The topological polar surface area (TPSA) is 66.9 Å². The molecule has 2 N–H and O–H groups in total. The number of rotatable bonds is 5. The fraction of sp³-hybridized carbons (Fsp3) is 0.375. The molecular weight excluding hydrogens is 204 g/mol. The number of halogens is 1. The highest BCUT2D eigenvalue weighted by molar-refractivity contribution is 6.32. The van der Waals surface area contributed by atoms with E-state index in [0.29, 0.717) is 17.9 Å². The van der Waals surface area contributed by atoms with E-state index in [1.807, 2.05) is 6.92 Å². The van der Waals surface area contributed by atoms with Gasteiger partial charge in [-0.3, -0.25) is 4.79 Å². The Hall–Kier alpha value is -1.36. The van der Waals surface area contributed by atoms with E-state index in [2.05, 4.69) is 20.6 Å². The Morgan fingerprint density at radius 1 is 1.57 bits per heavy atom. The summed E-state index contributed by atoms with van der Waals surface area (Å²) in [5.41, 5.74) is 0.414. The molecular formula is C8H11ClN4O. The maximum absolute atomic E-state index is 10.3. The SMILES string of the molecule is CCCNc1ncnc(Cl)c1NC=O. The molecule has 0 atom stereocenters. The number of hydrogen-bond donors (Lipinski definition) is 2. The van der Waals surface area contributed by atoms with Crippen LogP contribution in [0.1, 0.15) is 13.3 Å². The van der Waals surface area contributed by atoms with E-state index >= 15 is 0 Å². The second kappa shape index (κ2) is 5.39. The standard InChI is InChI=1S/C8H11ClN4O/c1-2-3-10-8-6(13-5-14)7(9)11-4-12-8/h4-5H,2-3H2,1H3,(H,13,14)(H,10,11,12). The fourth-order valence-electron chi connectivity index (χ4n) is 0.928. The molecule has 0 bridgehead atoms. The Morgan fingerprint density at radius 3 is 3.00 bits per heavy atom. The van der Waals surface area contributed by atoms with Crippen molar-refractivity contribution in [2.45, 2.75) is 13.3 Å². The molecule has 0 spiro atoms. The van der Waals surface area contributed by atoms with E-state index < -0.39 is 0 Å². The molecule has 0 radical (unpaired) electrons. The maximum atomic E-state index is 10.3. The van der Waals surface area contributed by atoms with Gasteiger partial charge in [-0.05, 0) is 6.42 Å². The third-order valence-electron chi connectivity index (χ3n) is 1.55. The Bertz CT molecular complexity index is 318. The second-order valence-corrected chi connectivity index (χ2v) is 2.94. The number of nitrogens with one attached hydrogen (secondary N) is 2. The van der Waals surface area contributed by atoms with Crippen LogP contribution in [0.25, 0.3) is 0 Å². The summed E-state index contributed by atoms with van der Waals surface area (Å²) < 4.78 is 0. The van der Waals surface area contributed by atoms with Crippen molar-refractivity contribution in [1.29, 1.82) is 0 Å². The summed E-state index contributed by atoms with van der Waals surface area (Å²) >= 11 is 5.77. The lowest BCUT2D eigenvalue weighted by atomic mass is 10.4. The average molecular weight is 215 g/mol. The number of carbonyl (C=O) groups excluding carboxylic acids is 1. The van der Waals surface area contributed by atoms with Crippen molar-refractivity contribution in [3.8, 4) is 0 Å². The van der Waals surface area contributed by atoms with Crippen LogP contribution in [0.3, 0.4) is 0 Å². The minimum atomic E-state index is 0.228. The van der Waals surface area contributed by atoms with E-state index in [0.717, 1.165) is 13.0 Å². The fourth-order valence-corrected chi connectivity index (χ4v) is 1.12. The first-order valence-corrected chi connectivity index (χ1v) is 4.62. The van der Waals surface area contributed by atoms with E-state index in [9.17, 15) is 4.79 Å². The summed E-state index contributed by atoms with van der Waals surface area (Å²) in [6.07, 6.45) is 2.85. The molecule has 1 amide bonds. The lowest BCUT2D eigenvalue weighted by Gasteiger charge is -2.09. The first-order valence-electron chi connectivity index (χ1n) is 4.24. The molecule has 1 heterocycles. The van der Waals surface area contributed by atoms with Gasteiger partial charge in [0, 0.05) is 6.54 Å². The van der Waals surface area contributed by atoms with Crippen molar-refractivity contribution in [2.75, 3.05) is 17.2 Å². The molecule has 5 nitrogen and oxygen atoms in total. The van der Waals surface area contributed by atoms with Crippen LogP contribution in [-0.2, 0) is 4.79 Å². The molecule has 0 aromatic carbocycles. The van der Waals surface area contributed by atoms with Crippen LogP contribution in [0.2, 0.25) is 5.15 Å². The van der Waals surface area contributed by atoms with Gasteiger partial charge < -0.3 is 10.6 Å². The molecule has 1 rings (SSSR count). The van der Waals surface area contributed by atoms with E-state index in [-0.39, 0.29) is 5.15 Å². The number of nitrogens with zero attached hydrogens (tertiary/aromatic N) is 2. The summed E-state index contributed by atoms with van der Waals surface area (Å²) in [4.78, 5) is 18.0. The van der Waals surface area contributed by atoms with Gasteiger partial charge >= 0.3 is 0 Å².